The second kappa shape index (κ2) is 5.83. The Hall–Kier alpha value is -1.12. The highest BCUT2D eigenvalue weighted by Gasteiger charge is 2.37. The second-order valence-electron chi connectivity index (χ2n) is 3.88. The van der Waals surface area contributed by atoms with E-state index in [0.29, 0.717) is 19.5 Å². The van der Waals surface area contributed by atoms with Crippen molar-refractivity contribution in [2.75, 3.05) is 27.3 Å². The number of hydrogen-bond acceptors (Lipinski definition) is 4. The number of rotatable bonds is 4. The van der Waals surface area contributed by atoms with Crippen molar-refractivity contribution in [1.82, 2.24) is 4.90 Å². The maximum absolute atomic E-state index is 11.9. The lowest BCUT2D eigenvalue weighted by Crippen LogP contribution is -2.34. The van der Waals surface area contributed by atoms with Crippen LogP contribution in [0.4, 0.5) is 0 Å². The van der Waals surface area contributed by atoms with E-state index in [1.54, 1.807) is 19.1 Å². The number of methoxy groups -OCH3 is 2. The van der Waals surface area contributed by atoms with E-state index in [0.717, 1.165) is 0 Å². The molecule has 1 aliphatic rings. The minimum absolute atomic E-state index is 0.0925. The number of ether oxygens (including phenoxy) is 2. The van der Waals surface area contributed by atoms with Crippen molar-refractivity contribution in [1.29, 1.82) is 5.26 Å². The van der Waals surface area contributed by atoms with Crippen LogP contribution in [0.5, 0.6) is 0 Å². The molecule has 5 nitrogen and oxygen atoms in total. The fourth-order valence-electron chi connectivity index (χ4n) is 1.92. The summed E-state index contributed by atoms with van der Waals surface area (Å²) in [5.74, 6) is -0.667. The third kappa shape index (κ3) is 2.52. The number of carbonyl (C=O) groups excluding carboxylic acids is 1. The Bertz CT molecular complexity index is 275. The Labute approximate surface area is 95.9 Å². The molecule has 0 radical (unpaired) electrons. The molecule has 1 amide bonds. The minimum atomic E-state index is -0.548. The van der Waals surface area contributed by atoms with Crippen molar-refractivity contribution in [3.05, 3.63) is 0 Å². The van der Waals surface area contributed by atoms with Crippen molar-refractivity contribution in [2.45, 2.75) is 25.6 Å². The van der Waals surface area contributed by atoms with Gasteiger partial charge in [-0.1, -0.05) is 6.92 Å². The molecule has 16 heavy (non-hydrogen) atoms. The lowest BCUT2D eigenvalue weighted by Gasteiger charge is -2.18. The summed E-state index contributed by atoms with van der Waals surface area (Å²) in [5.41, 5.74) is 0. The van der Waals surface area contributed by atoms with Crippen molar-refractivity contribution >= 4 is 5.91 Å². The topological polar surface area (TPSA) is 62.6 Å². The molecule has 0 aromatic carbocycles. The lowest BCUT2D eigenvalue weighted by molar-refractivity contribution is -0.133. The van der Waals surface area contributed by atoms with Crippen molar-refractivity contribution in [2.24, 2.45) is 5.92 Å². The van der Waals surface area contributed by atoms with Gasteiger partial charge in [-0.25, -0.2) is 0 Å². The average Bonchev–Trinajstić information content (AvgIpc) is 2.73. The molecule has 3 atom stereocenters. The number of carbonyl (C=O) groups is 1. The van der Waals surface area contributed by atoms with Gasteiger partial charge in [0, 0.05) is 27.3 Å². The molecule has 0 spiro atoms. The average molecular weight is 226 g/mol. The molecule has 0 aromatic heterocycles. The Morgan fingerprint density at radius 3 is 2.25 bits per heavy atom. The van der Waals surface area contributed by atoms with Crippen LogP contribution in [0, 0.1) is 17.2 Å². The van der Waals surface area contributed by atoms with Gasteiger partial charge in [0.2, 0.25) is 5.91 Å². The van der Waals surface area contributed by atoms with Crippen LogP contribution in [0.15, 0.2) is 0 Å². The van der Waals surface area contributed by atoms with E-state index in [1.165, 1.54) is 0 Å². The first-order valence-corrected chi connectivity index (χ1v) is 5.41. The van der Waals surface area contributed by atoms with Crippen LogP contribution in [0.1, 0.15) is 13.3 Å². The maximum Gasteiger partial charge on any atom is 0.240 e. The van der Waals surface area contributed by atoms with Gasteiger partial charge < -0.3 is 14.4 Å². The predicted molar refractivity (Wildman–Crippen MR) is 57.6 cm³/mol. The van der Waals surface area contributed by atoms with E-state index in [-0.39, 0.29) is 18.1 Å². The van der Waals surface area contributed by atoms with E-state index >= 15 is 0 Å². The van der Waals surface area contributed by atoms with Crippen molar-refractivity contribution < 1.29 is 14.3 Å². The number of amides is 1. The zero-order valence-corrected chi connectivity index (χ0v) is 9.97. The van der Waals surface area contributed by atoms with Gasteiger partial charge in [-0.15, -0.1) is 0 Å². The Kier molecular flexibility index (Phi) is 4.71. The summed E-state index contributed by atoms with van der Waals surface area (Å²) in [4.78, 5) is 13.6. The van der Waals surface area contributed by atoms with Gasteiger partial charge in [-0.05, 0) is 6.42 Å². The Morgan fingerprint density at radius 1 is 1.44 bits per heavy atom. The van der Waals surface area contributed by atoms with Crippen LogP contribution in [0.3, 0.4) is 0 Å². The van der Waals surface area contributed by atoms with Crippen LogP contribution in [0.2, 0.25) is 0 Å². The summed E-state index contributed by atoms with van der Waals surface area (Å²) in [6.45, 7) is 2.85. The van der Waals surface area contributed by atoms with E-state index in [2.05, 4.69) is 0 Å². The van der Waals surface area contributed by atoms with Gasteiger partial charge >= 0.3 is 0 Å². The van der Waals surface area contributed by atoms with E-state index in [4.69, 9.17) is 14.7 Å². The first-order valence-electron chi connectivity index (χ1n) is 5.41. The molecule has 1 fully saturated rings. The Balaban J connectivity index is 2.64. The quantitative estimate of drug-likeness (QED) is 0.696. The summed E-state index contributed by atoms with van der Waals surface area (Å²) >= 11 is 0. The fraction of sp³-hybridized carbons (Fsp3) is 0.818. The molecule has 3 unspecified atom stereocenters. The fourth-order valence-corrected chi connectivity index (χ4v) is 1.92. The van der Waals surface area contributed by atoms with E-state index in [9.17, 15) is 4.79 Å². The molecular formula is C11H18N2O3. The van der Waals surface area contributed by atoms with Gasteiger partial charge in [0.25, 0.3) is 0 Å². The number of nitrogens with zero attached hydrogens (tertiary/aromatic N) is 2. The molecule has 0 aromatic rings. The molecule has 90 valence electrons. The van der Waals surface area contributed by atoms with Crippen LogP contribution in [-0.2, 0) is 14.3 Å². The molecule has 0 N–H and O–H groups in total. The predicted octanol–water partition coefficient (Wildman–Crippen LogP) is 0.408. The van der Waals surface area contributed by atoms with Gasteiger partial charge in [0.05, 0.1) is 6.07 Å². The number of hydrogen-bond donors (Lipinski definition) is 0. The Morgan fingerprint density at radius 2 is 1.94 bits per heavy atom. The second-order valence-corrected chi connectivity index (χ2v) is 3.88. The number of nitriles is 1. The summed E-state index contributed by atoms with van der Waals surface area (Å²) < 4.78 is 10.5. The van der Waals surface area contributed by atoms with Gasteiger partial charge in [-0.2, -0.15) is 5.26 Å². The van der Waals surface area contributed by atoms with Crippen LogP contribution in [-0.4, -0.2) is 50.3 Å². The summed E-state index contributed by atoms with van der Waals surface area (Å²) in [6.07, 6.45) is 0.358. The van der Waals surface area contributed by atoms with Crippen molar-refractivity contribution in [3.63, 3.8) is 0 Å². The van der Waals surface area contributed by atoms with Gasteiger partial charge in [-0.3, -0.25) is 4.79 Å². The first kappa shape index (κ1) is 12.9. The van der Waals surface area contributed by atoms with E-state index < -0.39 is 5.92 Å². The molecule has 0 aliphatic carbocycles. The minimum Gasteiger partial charge on any atom is -0.377 e. The molecule has 5 heteroatoms. The van der Waals surface area contributed by atoms with Crippen LogP contribution >= 0.6 is 0 Å². The molecule has 0 bridgehead atoms. The monoisotopic (exact) mass is 226 g/mol. The summed E-state index contributed by atoms with van der Waals surface area (Å²) in [5, 5.41) is 8.84. The van der Waals surface area contributed by atoms with E-state index in [1.807, 2.05) is 13.0 Å². The summed E-state index contributed by atoms with van der Waals surface area (Å²) in [6, 6.07) is 2.02. The molecule has 1 saturated heterocycles. The highest BCUT2D eigenvalue weighted by atomic mass is 16.5. The van der Waals surface area contributed by atoms with Crippen LogP contribution in [0.25, 0.3) is 0 Å². The highest BCUT2D eigenvalue weighted by molar-refractivity contribution is 5.81. The van der Waals surface area contributed by atoms with Gasteiger partial charge in [0.1, 0.15) is 18.1 Å². The third-order valence-electron chi connectivity index (χ3n) is 2.99. The largest absolute Gasteiger partial charge is 0.377 e. The zero-order valence-electron chi connectivity index (χ0n) is 9.97. The van der Waals surface area contributed by atoms with Gasteiger partial charge in [0.15, 0.2) is 0 Å². The molecular weight excluding hydrogens is 208 g/mol. The normalized spacial score (nSPS) is 26.5. The van der Waals surface area contributed by atoms with Crippen molar-refractivity contribution in [3.8, 4) is 6.07 Å². The summed E-state index contributed by atoms with van der Waals surface area (Å²) in [7, 11) is 3.21. The molecule has 0 saturated carbocycles. The first-order chi connectivity index (χ1) is 7.67. The molecule has 1 heterocycles. The lowest BCUT2D eigenvalue weighted by atomic mass is 10.1. The molecule has 1 rings (SSSR count). The highest BCUT2D eigenvalue weighted by Crippen LogP contribution is 2.18. The third-order valence-corrected chi connectivity index (χ3v) is 2.99. The zero-order chi connectivity index (χ0) is 12.1. The maximum atomic E-state index is 11.9. The number of likely N-dealkylation sites (tertiary alicyclic amines) is 1. The standard InChI is InChI=1S/C11H18N2O3/c1-4-8(5-12)11(14)13-6-9(15-2)10(7-13)16-3/h8-10H,4,6-7H2,1-3H3. The SMILES string of the molecule is CCC(C#N)C(=O)N1CC(OC)C(OC)C1. The van der Waals surface area contributed by atoms with Crippen LogP contribution < -0.4 is 0 Å². The molecule has 1 aliphatic heterocycles. The smallest absolute Gasteiger partial charge is 0.240 e.